The van der Waals surface area contributed by atoms with Crippen LogP contribution in [0.2, 0.25) is 5.02 Å². The molecule has 0 saturated carbocycles. The molecule has 0 bridgehead atoms. The van der Waals surface area contributed by atoms with Gasteiger partial charge in [0.1, 0.15) is 0 Å². The number of alkyl halides is 3. The van der Waals surface area contributed by atoms with Crippen LogP contribution >= 0.6 is 23.4 Å². The van der Waals surface area contributed by atoms with Crippen molar-refractivity contribution in [1.82, 2.24) is 4.90 Å². The molecule has 4 nitrogen and oxygen atoms in total. The Morgan fingerprint density at radius 3 is 2.14 bits per heavy atom. The molecule has 0 N–H and O–H groups in total. The van der Waals surface area contributed by atoms with Gasteiger partial charge in [-0.1, -0.05) is 44.5 Å². The summed E-state index contributed by atoms with van der Waals surface area (Å²) >= 11 is 8.15. The molecule has 3 rings (SSSR count). The first kappa shape index (κ1) is 28.9. The van der Waals surface area contributed by atoms with E-state index < -0.39 is 26.3 Å². The van der Waals surface area contributed by atoms with Gasteiger partial charge in [0.15, 0.2) is 9.84 Å². The molecule has 0 radical (unpaired) electrons. The standard InChI is InChI=1S/C26H31ClF3NO3S2/c1-24(2,3)35-21-11-7-10-20(22(21)27)23(32)31-14-12-17(13-15-31)25(4,5)36(33,34)19-9-6-8-18(16-19)26(28,29)30/h6-11,16-17H,12-15H2,1-5H3. The fourth-order valence-corrected chi connectivity index (χ4v) is 7.55. The number of sulfone groups is 1. The molecule has 1 aliphatic heterocycles. The molecule has 1 aliphatic rings. The average molecular weight is 562 g/mol. The van der Waals surface area contributed by atoms with Gasteiger partial charge < -0.3 is 4.90 Å². The molecule has 1 fully saturated rings. The molecule has 0 aromatic heterocycles. The zero-order chi connectivity index (χ0) is 27.1. The van der Waals surface area contributed by atoms with Crippen LogP contribution in [0.1, 0.15) is 63.4 Å². The van der Waals surface area contributed by atoms with Crippen molar-refractivity contribution in [3.05, 3.63) is 58.6 Å². The van der Waals surface area contributed by atoms with Gasteiger partial charge in [-0.25, -0.2) is 8.42 Å². The lowest BCUT2D eigenvalue weighted by atomic mass is 9.85. The van der Waals surface area contributed by atoms with Gasteiger partial charge in [-0.15, -0.1) is 11.8 Å². The highest BCUT2D eigenvalue weighted by Gasteiger charge is 2.45. The molecule has 0 atom stereocenters. The second-order valence-electron chi connectivity index (χ2n) is 10.5. The highest BCUT2D eigenvalue weighted by molar-refractivity contribution is 8.00. The van der Waals surface area contributed by atoms with E-state index in [-0.39, 0.29) is 21.5 Å². The maximum atomic E-state index is 13.4. The van der Waals surface area contributed by atoms with Gasteiger partial charge in [0.05, 0.1) is 25.8 Å². The van der Waals surface area contributed by atoms with E-state index in [2.05, 4.69) is 20.8 Å². The van der Waals surface area contributed by atoms with Gasteiger partial charge in [-0.2, -0.15) is 13.2 Å². The third kappa shape index (κ3) is 6.05. The predicted molar refractivity (Wildman–Crippen MR) is 138 cm³/mol. The van der Waals surface area contributed by atoms with Crippen LogP contribution in [0.5, 0.6) is 0 Å². The summed E-state index contributed by atoms with van der Waals surface area (Å²) < 4.78 is 64.9. The van der Waals surface area contributed by atoms with Gasteiger partial charge in [0.25, 0.3) is 5.91 Å². The third-order valence-corrected chi connectivity index (χ3v) is 10.8. The lowest BCUT2D eigenvalue weighted by molar-refractivity contribution is -0.137. The van der Waals surface area contributed by atoms with Crippen LogP contribution in [-0.2, 0) is 16.0 Å². The number of rotatable bonds is 5. The van der Waals surface area contributed by atoms with E-state index in [9.17, 15) is 26.4 Å². The summed E-state index contributed by atoms with van der Waals surface area (Å²) in [6.07, 6.45) is -3.82. The number of amides is 1. The van der Waals surface area contributed by atoms with Crippen LogP contribution in [0.25, 0.3) is 0 Å². The molecule has 2 aromatic carbocycles. The first-order valence-electron chi connectivity index (χ1n) is 11.6. The molecule has 1 saturated heterocycles. The van der Waals surface area contributed by atoms with Crippen LogP contribution in [0.3, 0.4) is 0 Å². The number of nitrogens with zero attached hydrogens (tertiary/aromatic N) is 1. The Balaban J connectivity index is 1.77. The second kappa shape index (κ2) is 10.2. The Bertz CT molecular complexity index is 1230. The smallest absolute Gasteiger partial charge is 0.339 e. The summed E-state index contributed by atoms with van der Waals surface area (Å²) in [6, 6.07) is 9.23. The number of halogens is 4. The number of piperidine rings is 1. The Hall–Kier alpha value is -1.71. The average Bonchev–Trinajstić information content (AvgIpc) is 2.78. The lowest BCUT2D eigenvalue weighted by Crippen LogP contribution is -2.47. The number of likely N-dealkylation sites (tertiary alicyclic amines) is 1. The molecule has 36 heavy (non-hydrogen) atoms. The Labute approximate surface area is 220 Å². The normalized spacial score (nSPS) is 16.3. The summed E-state index contributed by atoms with van der Waals surface area (Å²) in [5, 5.41) is 0.400. The molecule has 0 unspecified atom stereocenters. The summed E-state index contributed by atoms with van der Waals surface area (Å²) in [7, 11) is -4.07. The van der Waals surface area contributed by atoms with Crippen molar-refractivity contribution in [2.45, 2.75) is 72.9 Å². The van der Waals surface area contributed by atoms with E-state index in [1.165, 1.54) is 6.07 Å². The van der Waals surface area contributed by atoms with E-state index in [4.69, 9.17) is 11.6 Å². The van der Waals surface area contributed by atoms with Crippen molar-refractivity contribution in [2.75, 3.05) is 13.1 Å². The van der Waals surface area contributed by atoms with E-state index >= 15 is 0 Å². The quantitative estimate of drug-likeness (QED) is 0.358. The molecule has 2 aromatic rings. The van der Waals surface area contributed by atoms with Crippen molar-refractivity contribution in [1.29, 1.82) is 0 Å². The first-order chi connectivity index (χ1) is 16.4. The maximum Gasteiger partial charge on any atom is 0.416 e. The molecular weight excluding hydrogens is 531 g/mol. The summed E-state index contributed by atoms with van der Waals surface area (Å²) in [5.74, 6) is -0.548. The second-order valence-corrected chi connectivity index (χ2v) is 15.3. The van der Waals surface area contributed by atoms with E-state index in [0.29, 0.717) is 42.6 Å². The molecule has 1 amide bonds. The SMILES string of the molecule is CC(C)(C)Sc1cccc(C(=O)N2CCC(C(C)(C)S(=O)(=O)c3cccc(C(F)(F)F)c3)CC2)c1Cl. The molecule has 1 heterocycles. The number of benzene rings is 2. The number of hydrogen-bond acceptors (Lipinski definition) is 4. The summed E-state index contributed by atoms with van der Waals surface area (Å²) in [5.41, 5.74) is -0.594. The Morgan fingerprint density at radius 2 is 1.58 bits per heavy atom. The molecule has 0 spiro atoms. The highest BCUT2D eigenvalue weighted by Crippen LogP contribution is 2.41. The molecule has 0 aliphatic carbocycles. The minimum atomic E-state index is -4.63. The Kier molecular flexibility index (Phi) is 8.19. The van der Waals surface area contributed by atoms with Gasteiger partial charge in [0, 0.05) is 22.7 Å². The van der Waals surface area contributed by atoms with E-state index in [1.807, 2.05) is 6.07 Å². The van der Waals surface area contributed by atoms with Crippen LogP contribution in [0.15, 0.2) is 52.3 Å². The largest absolute Gasteiger partial charge is 0.416 e. The number of carbonyl (C=O) groups excluding carboxylic acids is 1. The van der Waals surface area contributed by atoms with Crippen LogP contribution in [0, 0.1) is 5.92 Å². The predicted octanol–water partition coefficient (Wildman–Crippen LogP) is 7.35. The first-order valence-corrected chi connectivity index (χ1v) is 14.3. The number of hydrogen-bond donors (Lipinski definition) is 0. The van der Waals surface area contributed by atoms with Crippen molar-refractivity contribution in [2.24, 2.45) is 5.92 Å². The molecule has 198 valence electrons. The number of carbonyl (C=O) groups is 1. The van der Waals surface area contributed by atoms with Crippen molar-refractivity contribution < 1.29 is 26.4 Å². The topological polar surface area (TPSA) is 54.5 Å². The number of thioether (sulfide) groups is 1. The van der Waals surface area contributed by atoms with Crippen LogP contribution in [-0.4, -0.2) is 41.8 Å². The van der Waals surface area contributed by atoms with E-state index in [1.54, 1.807) is 42.6 Å². The maximum absolute atomic E-state index is 13.4. The van der Waals surface area contributed by atoms with Crippen molar-refractivity contribution in [3.8, 4) is 0 Å². The zero-order valence-corrected chi connectivity index (χ0v) is 23.3. The monoisotopic (exact) mass is 561 g/mol. The highest BCUT2D eigenvalue weighted by atomic mass is 35.5. The zero-order valence-electron chi connectivity index (χ0n) is 20.9. The third-order valence-electron chi connectivity index (χ3n) is 6.54. The summed E-state index contributed by atoms with van der Waals surface area (Å²) in [6.45, 7) is 9.94. The summed E-state index contributed by atoms with van der Waals surface area (Å²) in [4.78, 5) is 15.4. The van der Waals surface area contributed by atoms with Gasteiger partial charge >= 0.3 is 6.18 Å². The van der Waals surface area contributed by atoms with Crippen molar-refractivity contribution >= 4 is 39.1 Å². The molecule has 10 heteroatoms. The van der Waals surface area contributed by atoms with Gasteiger partial charge in [-0.05, 0) is 62.9 Å². The molecular formula is C26H31ClF3NO3S2. The lowest BCUT2D eigenvalue weighted by Gasteiger charge is -2.40. The van der Waals surface area contributed by atoms with Crippen molar-refractivity contribution in [3.63, 3.8) is 0 Å². The fourth-order valence-electron chi connectivity index (χ4n) is 4.40. The minimum Gasteiger partial charge on any atom is -0.339 e. The Morgan fingerprint density at radius 1 is 1.00 bits per heavy atom. The van der Waals surface area contributed by atoms with Gasteiger partial charge in [0.2, 0.25) is 0 Å². The van der Waals surface area contributed by atoms with Gasteiger partial charge in [-0.3, -0.25) is 4.79 Å². The van der Waals surface area contributed by atoms with E-state index in [0.717, 1.165) is 17.0 Å². The fraction of sp³-hybridized carbons (Fsp3) is 0.500. The van der Waals surface area contributed by atoms with Crippen LogP contribution < -0.4 is 0 Å². The minimum absolute atomic E-state index is 0.0830. The van der Waals surface area contributed by atoms with Crippen LogP contribution in [0.4, 0.5) is 13.2 Å².